The van der Waals surface area contributed by atoms with Gasteiger partial charge in [-0.15, -0.1) is 11.3 Å². The first kappa shape index (κ1) is 26.0. The van der Waals surface area contributed by atoms with E-state index in [0.717, 1.165) is 36.8 Å². The number of thiophene rings is 1. The average molecular weight is 527 g/mol. The molecule has 6 heteroatoms. The SMILES string of the molecule is CCCCc1ccc(C(=O)N(CC(=O)N2CCc3sccc3C2c2ccccc2C)Cc2ccco2)cc1. The van der Waals surface area contributed by atoms with E-state index < -0.39 is 0 Å². The Kier molecular flexibility index (Phi) is 8.08. The molecule has 1 aliphatic heterocycles. The lowest BCUT2D eigenvalue weighted by Crippen LogP contribution is -2.46. The van der Waals surface area contributed by atoms with Gasteiger partial charge in [0.25, 0.3) is 5.91 Å². The molecule has 0 spiro atoms. The van der Waals surface area contributed by atoms with Gasteiger partial charge in [-0.1, -0.05) is 49.7 Å². The minimum absolute atomic E-state index is 0.0149. The molecule has 1 atom stereocenters. The first-order valence-electron chi connectivity index (χ1n) is 13.4. The van der Waals surface area contributed by atoms with Crippen molar-refractivity contribution in [1.29, 1.82) is 0 Å². The average Bonchev–Trinajstić information content (AvgIpc) is 3.63. The summed E-state index contributed by atoms with van der Waals surface area (Å²) in [5, 5.41) is 2.11. The number of hydrogen-bond acceptors (Lipinski definition) is 4. The van der Waals surface area contributed by atoms with Crippen LogP contribution in [0.1, 0.15) is 69.1 Å². The molecule has 4 aromatic rings. The second-order valence-electron chi connectivity index (χ2n) is 9.94. The number of furan rings is 1. The zero-order valence-electron chi connectivity index (χ0n) is 22.1. The normalized spacial score (nSPS) is 14.8. The van der Waals surface area contributed by atoms with E-state index in [9.17, 15) is 9.59 Å². The van der Waals surface area contributed by atoms with Crippen LogP contribution in [-0.2, 0) is 24.2 Å². The van der Waals surface area contributed by atoms with Crippen LogP contribution >= 0.6 is 11.3 Å². The van der Waals surface area contributed by atoms with Gasteiger partial charge in [0.05, 0.1) is 18.8 Å². The predicted molar refractivity (Wildman–Crippen MR) is 151 cm³/mol. The fraction of sp³-hybridized carbons (Fsp3) is 0.312. The number of hydrogen-bond donors (Lipinski definition) is 0. The molecule has 5 nitrogen and oxygen atoms in total. The molecule has 5 rings (SSSR count). The molecule has 38 heavy (non-hydrogen) atoms. The van der Waals surface area contributed by atoms with E-state index in [4.69, 9.17) is 4.42 Å². The number of benzene rings is 2. The Morgan fingerprint density at radius 2 is 1.84 bits per heavy atom. The zero-order valence-corrected chi connectivity index (χ0v) is 22.9. The largest absolute Gasteiger partial charge is 0.467 e. The van der Waals surface area contributed by atoms with Crippen molar-refractivity contribution in [3.05, 3.63) is 117 Å². The van der Waals surface area contributed by atoms with E-state index in [2.05, 4.69) is 37.4 Å². The highest BCUT2D eigenvalue weighted by atomic mass is 32.1. The minimum atomic E-state index is -0.169. The van der Waals surface area contributed by atoms with Crippen LogP contribution in [-0.4, -0.2) is 34.7 Å². The summed E-state index contributed by atoms with van der Waals surface area (Å²) in [6.45, 7) is 5.11. The van der Waals surface area contributed by atoms with E-state index >= 15 is 0 Å². The Labute approximate surface area is 228 Å². The Bertz CT molecular complexity index is 1370. The van der Waals surface area contributed by atoms with E-state index in [-0.39, 0.29) is 30.9 Å². The second-order valence-corrected chi connectivity index (χ2v) is 10.9. The van der Waals surface area contributed by atoms with E-state index in [1.807, 2.05) is 47.4 Å². The Hall–Kier alpha value is -3.64. The molecule has 0 saturated heterocycles. The van der Waals surface area contributed by atoms with E-state index in [0.29, 0.717) is 17.9 Å². The van der Waals surface area contributed by atoms with Crippen LogP contribution in [0, 0.1) is 6.92 Å². The molecule has 1 unspecified atom stereocenters. The maximum absolute atomic E-state index is 14.0. The van der Waals surface area contributed by atoms with E-state index in [1.165, 1.54) is 16.0 Å². The van der Waals surface area contributed by atoms with Crippen LogP contribution in [0.4, 0.5) is 0 Å². The van der Waals surface area contributed by atoms with Crippen molar-refractivity contribution >= 4 is 23.2 Å². The molecule has 0 bridgehead atoms. The standard InChI is InChI=1S/C32H34N2O3S/c1-3-4-9-24-12-14-25(15-13-24)32(36)33(21-26-10-7-19-37-26)22-30(35)34-18-16-29-28(17-20-38-29)31(34)27-11-6-5-8-23(27)2/h5-8,10-15,17,19-20,31H,3-4,9,16,18,21-22H2,1-2H3. The fourth-order valence-corrected chi connectivity index (χ4v) is 6.14. The van der Waals surface area contributed by atoms with Crippen LogP contribution in [0.25, 0.3) is 0 Å². The van der Waals surface area contributed by atoms with Crippen molar-refractivity contribution in [2.75, 3.05) is 13.1 Å². The molecule has 0 saturated carbocycles. The van der Waals surface area contributed by atoms with Crippen molar-refractivity contribution in [1.82, 2.24) is 9.80 Å². The summed E-state index contributed by atoms with van der Waals surface area (Å²) in [6.07, 6.45) is 5.67. The van der Waals surface area contributed by atoms with Gasteiger partial charge in [0.15, 0.2) is 0 Å². The van der Waals surface area contributed by atoms with Crippen molar-refractivity contribution in [2.24, 2.45) is 0 Å². The highest BCUT2D eigenvalue weighted by molar-refractivity contribution is 7.10. The maximum atomic E-state index is 14.0. The molecular formula is C32H34N2O3S. The third-order valence-electron chi connectivity index (χ3n) is 7.33. The van der Waals surface area contributed by atoms with Gasteiger partial charge in [0, 0.05) is 17.0 Å². The first-order valence-corrected chi connectivity index (χ1v) is 14.2. The molecular weight excluding hydrogens is 492 g/mol. The summed E-state index contributed by atoms with van der Waals surface area (Å²) in [6, 6.07) is 21.7. The molecule has 0 radical (unpaired) electrons. The Morgan fingerprint density at radius 3 is 2.58 bits per heavy atom. The Morgan fingerprint density at radius 1 is 1.03 bits per heavy atom. The number of carbonyl (C=O) groups excluding carboxylic acids is 2. The molecule has 0 aliphatic carbocycles. The third kappa shape index (κ3) is 5.60. The smallest absolute Gasteiger partial charge is 0.254 e. The number of aryl methyl sites for hydroxylation is 2. The Balaban J connectivity index is 1.41. The number of amides is 2. The van der Waals surface area contributed by atoms with Gasteiger partial charge in [-0.05, 0) is 84.2 Å². The number of unbranched alkanes of at least 4 members (excludes halogenated alkanes) is 1. The molecule has 2 aromatic heterocycles. The van der Waals surface area contributed by atoms with Crippen molar-refractivity contribution in [3.63, 3.8) is 0 Å². The zero-order chi connectivity index (χ0) is 26.5. The van der Waals surface area contributed by atoms with Crippen molar-refractivity contribution in [3.8, 4) is 0 Å². The number of fused-ring (bicyclic) bond motifs is 1. The molecule has 1 aliphatic rings. The van der Waals surface area contributed by atoms with Gasteiger partial charge in [0.1, 0.15) is 12.3 Å². The van der Waals surface area contributed by atoms with Crippen LogP contribution in [0.2, 0.25) is 0 Å². The second kappa shape index (κ2) is 11.8. The molecule has 0 fully saturated rings. The number of rotatable bonds is 9. The summed E-state index contributed by atoms with van der Waals surface area (Å²) in [5.41, 5.74) is 5.28. The molecule has 196 valence electrons. The van der Waals surface area contributed by atoms with E-state index in [1.54, 1.807) is 28.6 Å². The summed E-state index contributed by atoms with van der Waals surface area (Å²) in [5.74, 6) is 0.423. The summed E-state index contributed by atoms with van der Waals surface area (Å²) >= 11 is 1.75. The highest BCUT2D eigenvalue weighted by Gasteiger charge is 2.35. The topological polar surface area (TPSA) is 53.8 Å². The lowest BCUT2D eigenvalue weighted by Gasteiger charge is -2.38. The summed E-state index contributed by atoms with van der Waals surface area (Å²) in [7, 11) is 0. The van der Waals surface area contributed by atoms with Gasteiger partial charge in [-0.3, -0.25) is 9.59 Å². The number of nitrogens with zero attached hydrogens (tertiary/aromatic N) is 2. The van der Waals surface area contributed by atoms with Gasteiger partial charge >= 0.3 is 0 Å². The minimum Gasteiger partial charge on any atom is -0.467 e. The summed E-state index contributed by atoms with van der Waals surface area (Å²) in [4.78, 5) is 32.6. The van der Waals surface area contributed by atoms with Crippen LogP contribution in [0.5, 0.6) is 0 Å². The van der Waals surface area contributed by atoms with Crippen LogP contribution in [0.3, 0.4) is 0 Å². The van der Waals surface area contributed by atoms with Crippen molar-refractivity contribution in [2.45, 2.75) is 52.1 Å². The van der Waals surface area contributed by atoms with Gasteiger partial charge in [-0.2, -0.15) is 0 Å². The molecule has 3 heterocycles. The third-order valence-corrected chi connectivity index (χ3v) is 8.33. The monoisotopic (exact) mass is 526 g/mol. The summed E-state index contributed by atoms with van der Waals surface area (Å²) < 4.78 is 5.57. The fourth-order valence-electron chi connectivity index (χ4n) is 5.24. The lowest BCUT2D eigenvalue weighted by molar-refractivity contribution is -0.134. The first-order chi connectivity index (χ1) is 18.5. The molecule has 0 N–H and O–H groups in total. The van der Waals surface area contributed by atoms with Crippen LogP contribution < -0.4 is 0 Å². The highest BCUT2D eigenvalue weighted by Crippen LogP contribution is 2.39. The van der Waals surface area contributed by atoms with Gasteiger partial charge in [-0.25, -0.2) is 0 Å². The molecule has 2 aromatic carbocycles. The lowest BCUT2D eigenvalue weighted by atomic mass is 9.90. The number of carbonyl (C=O) groups is 2. The quantitative estimate of drug-likeness (QED) is 0.241. The maximum Gasteiger partial charge on any atom is 0.254 e. The molecule has 2 amide bonds. The predicted octanol–water partition coefficient (Wildman–Crippen LogP) is 6.81. The van der Waals surface area contributed by atoms with Crippen molar-refractivity contribution < 1.29 is 14.0 Å². The van der Waals surface area contributed by atoms with Gasteiger partial charge < -0.3 is 14.2 Å². The van der Waals surface area contributed by atoms with Gasteiger partial charge in [0.2, 0.25) is 5.91 Å². The van der Waals surface area contributed by atoms with Crippen LogP contribution in [0.15, 0.2) is 82.8 Å².